The number of aromatic nitrogens is 3. The number of hydrogen-bond acceptors (Lipinski definition) is 4. The van der Waals surface area contributed by atoms with E-state index in [1.807, 2.05) is 0 Å². The van der Waals surface area contributed by atoms with Crippen molar-refractivity contribution in [3.05, 3.63) is 64.3 Å². The predicted molar refractivity (Wildman–Crippen MR) is 91.2 cm³/mol. The topological polar surface area (TPSA) is 82.1 Å². The number of hydrogen-bond donors (Lipinski definition) is 1. The first-order valence-corrected chi connectivity index (χ1v) is 8.51. The van der Waals surface area contributed by atoms with Gasteiger partial charge in [-0.05, 0) is 37.1 Å². The fourth-order valence-electron chi connectivity index (χ4n) is 2.88. The summed E-state index contributed by atoms with van der Waals surface area (Å²) >= 11 is 0. The second-order valence-corrected chi connectivity index (χ2v) is 6.26. The number of nitrogens with one attached hydrogen (secondary N) is 1. The third-order valence-corrected chi connectivity index (χ3v) is 4.32. The molecule has 7 nitrogen and oxygen atoms in total. The summed E-state index contributed by atoms with van der Waals surface area (Å²) in [5.74, 6) is -1.86. The van der Waals surface area contributed by atoms with Crippen LogP contribution in [0.3, 0.4) is 0 Å². The molecule has 1 amide bonds. The summed E-state index contributed by atoms with van der Waals surface area (Å²) in [5.41, 5.74) is -0.958. The van der Waals surface area contributed by atoms with Gasteiger partial charge in [0, 0.05) is 12.6 Å². The summed E-state index contributed by atoms with van der Waals surface area (Å²) in [6, 6.07) is 6.72. The summed E-state index contributed by atoms with van der Waals surface area (Å²) in [6.07, 6.45) is 3.28. The van der Waals surface area contributed by atoms with Crippen LogP contribution in [-0.2, 0) is 6.54 Å². The van der Waals surface area contributed by atoms with Gasteiger partial charge in [0.05, 0.1) is 12.8 Å². The van der Waals surface area contributed by atoms with E-state index in [4.69, 9.17) is 4.42 Å². The van der Waals surface area contributed by atoms with Crippen LogP contribution in [0.2, 0.25) is 0 Å². The van der Waals surface area contributed by atoms with Gasteiger partial charge in [-0.2, -0.15) is 0 Å². The quantitative estimate of drug-likeness (QED) is 0.718. The Bertz CT molecular complexity index is 1020. The van der Waals surface area contributed by atoms with Gasteiger partial charge < -0.3 is 9.73 Å². The molecule has 140 valence electrons. The van der Waals surface area contributed by atoms with Crippen molar-refractivity contribution in [1.82, 2.24) is 19.7 Å². The summed E-state index contributed by atoms with van der Waals surface area (Å²) in [6.45, 7) is 0.0554. The third-order valence-electron chi connectivity index (χ3n) is 4.32. The molecule has 1 fully saturated rings. The molecule has 0 spiro atoms. The van der Waals surface area contributed by atoms with Crippen LogP contribution >= 0.6 is 0 Å². The molecule has 0 bridgehead atoms. The maximum Gasteiger partial charge on any atom is 0.346 e. The second kappa shape index (κ2) is 6.82. The van der Waals surface area contributed by atoms with E-state index in [0.29, 0.717) is 11.6 Å². The molecule has 0 radical (unpaired) electrons. The standard InChI is InChI=1S/C18H16F2N4O3/c19-12-3-1-4-13(20)15(12)17(25)21-8-9-23-18(26)24(11-6-7-11)16(22-23)14-5-2-10-27-14/h1-5,10-11H,6-9H2,(H,21,25). The SMILES string of the molecule is O=C(NCCn1nc(-c2ccco2)n(C2CC2)c1=O)c1c(F)cccc1F. The van der Waals surface area contributed by atoms with Crippen molar-refractivity contribution in [2.75, 3.05) is 6.54 Å². The number of benzene rings is 1. The molecule has 9 heteroatoms. The Morgan fingerprint density at radius 3 is 2.59 bits per heavy atom. The zero-order valence-corrected chi connectivity index (χ0v) is 14.2. The Morgan fingerprint density at radius 1 is 1.22 bits per heavy atom. The molecule has 2 aromatic heterocycles. The first-order chi connectivity index (χ1) is 13.1. The minimum Gasteiger partial charge on any atom is -0.461 e. The number of halogens is 2. The molecule has 1 N–H and O–H groups in total. The third kappa shape index (κ3) is 3.27. The van der Waals surface area contributed by atoms with Crippen LogP contribution in [0.5, 0.6) is 0 Å². The van der Waals surface area contributed by atoms with Crippen LogP contribution in [0, 0.1) is 11.6 Å². The van der Waals surface area contributed by atoms with E-state index < -0.39 is 23.1 Å². The molecular formula is C18H16F2N4O3. The van der Waals surface area contributed by atoms with E-state index in [9.17, 15) is 18.4 Å². The van der Waals surface area contributed by atoms with Crippen LogP contribution in [0.15, 0.2) is 45.8 Å². The highest BCUT2D eigenvalue weighted by molar-refractivity contribution is 5.94. The summed E-state index contributed by atoms with van der Waals surface area (Å²) < 4.78 is 35.4. The highest BCUT2D eigenvalue weighted by atomic mass is 19.1. The van der Waals surface area contributed by atoms with Crippen molar-refractivity contribution in [1.29, 1.82) is 0 Å². The largest absolute Gasteiger partial charge is 0.461 e. The number of nitrogens with zero attached hydrogens (tertiary/aromatic N) is 3. The van der Waals surface area contributed by atoms with E-state index in [1.165, 1.54) is 17.0 Å². The molecule has 1 aliphatic rings. The number of carbonyl (C=O) groups excluding carboxylic acids is 1. The molecule has 1 aliphatic carbocycles. The van der Waals surface area contributed by atoms with Crippen molar-refractivity contribution in [3.8, 4) is 11.6 Å². The lowest BCUT2D eigenvalue weighted by molar-refractivity contribution is 0.0943. The minimum atomic E-state index is -0.942. The Balaban J connectivity index is 1.50. The predicted octanol–water partition coefficient (Wildman–Crippen LogP) is 2.35. The Morgan fingerprint density at radius 2 is 1.96 bits per heavy atom. The lowest BCUT2D eigenvalue weighted by atomic mass is 10.2. The molecule has 0 atom stereocenters. The van der Waals surface area contributed by atoms with E-state index in [0.717, 1.165) is 25.0 Å². The smallest absolute Gasteiger partial charge is 0.346 e. The Hall–Kier alpha value is -3.23. The molecule has 27 heavy (non-hydrogen) atoms. The number of carbonyl (C=O) groups is 1. The van der Waals surface area contributed by atoms with Crippen molar-refractivity contribution >= 4 is 5.91 Å². The second-order valence-electron chi connectivity index (χ2n) is 6.26. The maximum atomic E-state index is 13.6. The van der Waals surface area contributed by atoms with Gasteiger partial charge in [0.15, 0.2) is 5.76 Å². The van der Waals surface area contributed by atoms with Crippen molar-refractivity contribution < 1.29 is 18.0 Å². The molecule has 2 heterocycles. The lowest BCUT2D eigenvalue weighted by Crippen LogP contribution is -2.32. The van der Waals surface area contributed by atoms with Crippen molar-refractivity contribution in [2.45, 2.75) is 25.4 Å². The van der Waals surface area contributed by atoms with Crippen LogP contribution in [0.1, 0.15) is 29.2 Å². The zero-order chi connectivity index (χ0) is 19.0. The first-order valence-electron chi connectivity index (χ1n) is 8.51. The molecule has 0 saturated heterocycles. The monoisotopic (exact) mass is 374 g/mol. The maximum absolute atomic E-state index is 13.6. The van der Waals surface area contributed by atoms with E-state index >= 15 is 0 Å². The molecule has 3 aromatic rings. The van der Waals surface area contributed by atoms with E-state index in [1.54, 1.807) is 16.7 Å². The fraction of sp³-hybridized carbons (Fsp3) is 0.278. The highest BCUT2D eigenvalue weighted by Crippen LogP contribution is 2.36. The average molecular weight is 374 g/mol. The van der Waals surface area contributed by atoms with E-state index in [-0.39, 0.29) is 24.8 Å². The normalized spacial score (nSPS) is 13.7. The Kier molecular flexibility index (Phi) is 4.35. The van der Waals surface area contributed by atoms with Gasteiger partial charge in [-0.25, -0.2) is 18.3 Å². The molecule has 4 rings (SSSR count). The van der Waals surface area contributed by atoms with Crippen molar-refractivity contribution in [2.24, 2.45) is 0 Å². The lowest BCUT2D eigenvalue weighted by Gasteiger charge is -2.06. The number of amides is 1. The van der Waals surface area contributed by atoms with E-state index in [2.05, 4.69) is 10.4 Å². The zero-order valence-electron chi connectivity index (χ0n) is 14.2. The minimum absolute atomic E-state index is 0.00815. The Labute approximate surface area is 152 Å². The molecule has 1 aromatic carbocycles. The van der Waals surface area contributed by atoms with Crippen LogP contribution in [0.4, 0.5) is 8.78 Å². The van der Waals surface area contributed by atoms with Gasteiger partial charge in [0.2, 0.25) is 5.82 Å². The van der Waals surface area contributed by atoms with Gasteiger partial charge in [0.25, 0.3) is 5.91 Å². The molecule has 0 unspecified atom stereocenters. The van der Waals surface area contributed by atoms with Gasteiger partial charge in [0.1, 0.15) is 17.2 Å². The van der Waals surface area contributed by atoms with Gasteiger partial charge in [-0.1, -0.05) is 6.07 Å². The van der Waals surface area contributed by atoms with Gasteiger partial charge >= 0.3 is 5.69 Å². The van der Waals surface area contributed by atoms with Crippen molar-refractivity contribution in [3.63, 3.8) is 0 Å². The number of furan rings is 1. The average Bonchev–Trinajstić information content (AvgIpc) is 3.21. The summed E-state index contributed by atoms with van der Waals surface area (Å²) in [7, 11) is 0. The van der Waals surface area contributed by atoms with Crippen LogP contribution in [-0.4, -0.2) is 26.8 Å². The highest BCUT2D eigenvalue weighted by Gasteiger charge is 2.31. The summed E-state index contributed by atoms with van der Waals surface area (Å²) in [5, 5.41) is 6.71. The summed E-state index contributed by atoms with van der Waals surface area (Å²) in [4.78, 5) is 24.6. The molecule has 0 aliphatic heterocycles. The van der Waals surface area contributed by atoms with Crippen LogP contribution < -0.4 is 11.0 Å². The fourth-order valence-corrected chi connectivity index (χ4v) is 2.88. The molecule has 1 saturated carbocycles. The van der Waals surface area contributed by atoms with Gasteiger partial charge in [-0.3, -0.25) is 9.36 Å². The van der Waals surface area contributed by atoms with Gasteiger partial charge in [-0.15, -0.1) is 5.10 Å². The molecular weight excluding hydrogens is 358 g/mol. The van der Waals surface area contributed by atoms with Crippen LogP contribution in [0.25, 0.3) is 11.6 Å². The number of rotatable bonds is 6. The first kappa shape index (κ1) is 17.2.